The molecule has 0 amide bonds. The van der Waals surface area contributed by atoms with Crippen molar-refractivity contribution in [1.29, 1.82) is 0 Å². The zero-order valence-corrected chi connectivity index (χ0v) is 16.1. The lowest BCUT2D eigenvalue weighted by molar-refractivity contribution is -0.123. The summed E-state index contributed by atoms with van der Waals surface area (Å²) in [5.41, 5.74) is 5.91. The number of fused-ring (bicyclic) bond motifs is 3. The first-order valence-electron chi connectivity index (χ1n) is 10.8. The zero-order chi connectivity index (χ0) is 18.4. The molecule has 1 fully saturated rings. The fourth-order valence-corrected chi connectivity index (χ4v) is 5.85. The number of carbonyl (C=O) groups is 1. The van der Waals surface area contributed by atoms with E-state index in [0.717, 1.165) is 31.8 Å². The van der Waals surface area contributed by atoms with E-state index in [1.807, 2.05) is 0 Å². The summed E-state index contributed by atoms with van der Waals surface area (Å²) < 4.78 is 2.53. The fourth-order valence-electron chi connectivity index (χ4n) is 5.85. The molecular weight excluding hydrogens is 336 g/mol. The second-order valence-electron chi connectivity index (χ2n) is 8.70. The lowest BCUT2D eigenvalue weighted by Crippen LogP contribution is -2.42. The summed E-state index contributed by atoms with van der Waals surface area (Å²) in [7, 11) is 0. The highest BCUT2D eigenvalue weighted by atomic mass is 16.3. The average molecular weight is 367 g/mol. The van der Waals surface area contributed by atoms with Gasteiger partial charge in [0.2, 0.25) is 0 Å². The van der Waals surface area contributed by atoms with E-state index in [9.17, 15) is 9.90 Å². The summed E-state index contributed by atoms with van der Waals surface area (Å²) in [5, 5.41) is 10.6. The quantitative estimate of drug-likeness (QED) is 0.891. The molecular formula is C23H30N2O2. The van der Waals surface area contributed by atoms with Gasteiger partial charge in [-0.3, -0.25) is 9.69 Å². The third-order valence-electron chi connectivity index (χ3n) is 7.14. The molecule has 1 aromatic carbocycles. The Balaban J connectivity index is 1.55. The van der Waals surface area contributed by atoms with Crippen LogP contribution in [0.25, 0.3) is 10.9 Å². The second kappa shape index (κ2) is 7.06. The van der Waals surface area contributed by atoms with Gasteiger partial charge in [0.1, 0.15) is 6.61 Å². The standard InChI is InChI=1S/C23H30N2O2/c26-15-18(27)14-24-11-12-25-21-10-9-17(16-5-2-1-3-6-16)13-20(21)19-7-4-8-22(24)23(19)25/h9-10,13,16,22,26H,1-8,11-12,14-15H2/t22-/m0/s1. The van der Waals surface area contributed by atoms with Gasteiger partial charge in [0.05, 0.1) is 12.6 Å². The number of aromatic nitrogens is 1. The first kappa shape index (κ1) is 17.4. The van der Waals surface area contributed by atoms with Gasteiger partial charge in [0.15, 0.2) is 5.78 Å². The van der Waals surface area contributed by atoms with Crippen molar-refractivity contribution >= 4 is 16.7 Å². The normalized spacial score (nSPS) is 23.5. The van der Waals surface area contributed by atoms with Crippen LogP contribution in [0.1, 0.15) is 73.7 Å². The number of aliphatic hydroxyl groups is 1. The Morgan fingerprint density at radius 3 is 2.74 bits per heavy atom. The van der Waals surface area contributed by atoms with Crippen molar-refractivity contribution in [3.63, 3.8) is 0 Å². The number of hydrogen-bond donors (Lipinski definition) is 1. The lowest BCUT2D eigenvalue weighted by Gasteiger charge is -2.39. The molecule has 5 rings (SSSR count). The van der Waals surface area contributed by atoms with Crippen LogP contribution in [0.2, 0.25) is 0 Å². The molecule has 1 aliphatic heterocycles. The molecule has 2 aliphatic carbocycles. The number of aryl methyl sites for hydroxylation is 1. The van der Waals surface area contributed by atoms with Crippen LogP contribution in [0, 0.1) is 0 Å². The van der Waals surface area contributed by atoms with Crippen LogP contribution >= 0.6 is 0 Å². The van der Waals surface area contributed by atoms with Gasteiger partial charge in [-0.05, 0) is 61.3 Å². The van der Waals surface area contributed by atoms with Crippen molar-refractivity contribution in [2.75, 3.05) is 19.7 Å². The Hall–Kier alpha value is -1.65. The first-order chi connectivity index (χ1) is 13.3. The number of rotatable bonds is 4. The molecule has 0 bridgehead atoms. The summed E-state index contributed by atoms with van der Waals surface area (Å²) in [4.78, 5) is 14.2. The van der Waals surface area contributed by atoms with E-state index in [4.69, 9.17) is 0 Å². The van der Waals surface area contributed by atoms with Gasteiger partial charge < -0.3 is 9.67 Å². The SMILES string of the molecule is O=C(CO)CN1CCn2c3c(c4cc(C5CCCCC5)ccc42)CCC[C@@H]31. The molecule has 0 unspecified atom stereocenters. The van der Waals surface area contributed by atoms with Crippen molar-refractivity contribution in [3.8, 4) is 0 Å². The predicted molar refractivity (Wildman–Crippen MR) is 107 cm³/mol. The lowest BCUT2D eigenvalue weighted by atomic mass is 9.83. The molecule has 4 nitrogen and oxygen atoms in total. The van der Waals surface area contributed by atoms with Crippen LogP contribution in [0.3, 0.4) is 0 Å². The molecule has 0 radical (unpaired) electrons. The molecule has 1 N–H and O–H groups in total. The number of Topliss-reactive ketones (excluding diaryl/α,β-unsaturated/α-hetero) is 1. The van der Waals surface area contributed by atoms with Crippen molar-refractivity contribution in [1.82, 2.24) is 9.47 Å². The molecule has 2 heterocycles. The Morgan fingerprint density at radius 1 is 1.07 bits per heavy atom. The van der Waals surface area contributed by atoms with Crippen LogP contribution in [-0.4, -0.2) is 40.1 Å². The topological polar surface area (TPSA) is 45.5 Å². The minimum atomic E-state index is -0.343. The van der Waals surface area contributed by atoms with E-state index in [0.29, 0.717) is 12.6 Å². The van der Waals surface area contributed by atoms with Crippen molar-refractivity contribution < 1.29 is 9.90 Å². The highest BCUT2D eigenvalue weighted by molar-refractivity contribution is 5.87. The Morgan fingerprint density at radius 2 is 1.93 bits per heavy atom. The van der Waals surface area contributed by atoms with E-state index in [-0.39, 0.29) is 12.4 Å². The summed E-state index contributed by atoms with van der Waals surface area (Å²) in [6.07, 6.45) is 10.3. The number of hydrogen-bond acceptors (Lipinski definition) is 3. The fraction of sp³-hybridized carbons (Fsp3) is 0.609. The van der Waals surface area contributed by atoms with E-state index in [1.165, 1.54) is 66.2 Å². The largest absolute Gasteiger partial charge is 0.389 e. The highest BCUT2D eigenvalue weighted by Crippen LogP contribution is 2.43. The third kappa shape index (κ3) is 2.94. The Labute approximate surface area is 161 Å². The number of aliphatic hydroxyl groups excluding tert-OH is 1. The third-order valence-corrected chi connectivity index (χ3v) is 7.14. The molecule has 144 valence electrons. The number of benzene rings is 1. The summed E-state index contributed by atoms with van der Waals surface area (Å²) in [6.45, 7) is 1.89. The van der Waals surface area contributed by atoms with E-state index in [2.05, 4.69) is 27.7 Å². The van der Waals surface area contributed by atoms with Gasteiger partial charge in [0.25, 0.3) is 0 Å². The minimum Gasteiger partial charge on any atom is -0.389 e. The second-order valence-corrected chi connectivity index (χ2v) is 8.70. The maximum absolute atomic E-state index is 11.8. The molecule has 1 aromatic heterocycles. The summed E-state index contributed by atoms with van der Waals surface area (Å²) >= 11 is 0. The molecule has 27 heavy (non-hydrogen) atoms. The molecule has 0 spiro atoms. The van der Waals surface area contributed by atoms with Crippen LogP contribution in [0.15, 0.2) is 18.2 Å². The van der Waals surface area contributed by atoms with Crippen LogP contribution in [-0.2, 0) is 17.8 Å². The van der Waals surface area contributed by atoms with Gasteiger partial charge in [-0.15, -0.1) is 0 Å². The van der Waals surface area contributed by atoms with Gasteiger partial charge in [-0.25, -0.2) is 0 Å². The van der Waals surface area contributed by atoms with Crippen molar-refractivity contribution in [2.45, 2.75) is 69.9 Å². The van der Waals surface area contributed by atoms with E-state index < -0.39 is 0 Å². The molecule has 0 saturated heterocycles. The molecule has 2 aromatic rings. The predicted octanol–water partition coefficient (Wildman–Crippen LogP) is 3.94. The average Bonchev–Trinajstić information content (AvgIpc) is 3.05. The number of carbonyl (C=O) groups excluding carboxylic acids is 1. The maximum atomic E-state index is 11.8. The smallest absolute Gasteiger partial charge is 0.172 e. The Kier molecular flexibility index (Phi) is 4.57. The Bertz CT molecular complexity index is 863. The zero-order valence-electron chi connectivity index (χ0n) is 16.1. The molecule has 1 saturated carbocycles. The van der Waals surface area contributed by atoms with Crippen LogP contribution in [0.5, 0.6) is 0 Å². The monoisotopic (exact) mass is 366 g/mol. The number of nitrogens with zero attached hydrogens (tertiary/aromatic N) is 2. The summed E-state index contributed by atoms with van der Waals surface area (Å²) in [6, 6.07) is 7.58. The van der Waals surface area contributed by atoms with Crippen LogP contribution < -0.4 is 0 Å². The maximum Gasteiger partial charge on any atom is 0.172 e. The van der Waals surface area contributed by atoms with Crippen molar-refractivity contribution in [3.05, 3.63) is 35.0 Å². The van der Waals surface area contributed by atoms with E-state index in [1.54, 1.807) is 0 Å². The number of ketones is 1. The molecule has 1 atom stereocenters. The van der Waals surface area contributed by atoms with Gasteiger partial charge in [-0.1, -0.05) is 25.3 Å². The minimum absolute atomic E-state index is 0.0636. The van der Waals surface area contributed by atoms with Gasteiger partial charge in [0, 0.05) is 29.7 Å². The van der Waals surface area contributed by atoms with Crippen molar-refractivity contribution in [2.24, 2.45) is 0 Å². The molecule has 3 aliphatic rings. The van der Waals surface area contributed by atoms with E-state index >= 15 is 0 Å². The van der Waals surface area contributed by atoms with Gasteiger partial charge in [-0.2, -0.15) is 0 Å². The van der Waals surface area contributed by atoms with Crippen LogP contribution in [0.4, 0.5) is 0 Å². The first-order valence-corrected chi connectivity index (χ1v) is 10.8. The highest BCUT2D eigenvalue weighted by Gasteiger charge is 2.35. The molecule has 4 heteroatoms. The van der Waals surface area contributed by atoms with Gasteiger partial charge >= 0.3 is 0 Å². The summed E-state index contributed by atoms with van der Waals surface area (Å²) in [5.74, 6) is 0.677.